The lowest BCUT2D eigenvalue weighted by Gasteiger charge is -2.33. The summed E-state index contributed by atoms with van der Waals surface area (Å²) in [5.41, 5.74) is 2.87. The van der Waals surface area contributed by atoms with Gasteiger partial charge in [-0.25, -0.2) is 8.78 Å². The van der Waals surface area contributed by atoms with Crippen LogP contribution in [0.25, 0.3) is 0 Å². The summed E-state index contributed by atoms with van der Waals surface area (Å²) >= 11 is 0. The maximum atomic E-state index is 13.6. The van der Waals surface area contributed by atoms with Gasteiger partial charge in [-0.3, -0.25) is 9.59 Å². The van der Waals surface area contributed by atoms with Gasteiger partial charge >= 0.3 is 0 Å². The fourth-order valence-electron chi connectivity index (χ4n) is 3.76. The van der Waals surface area contributed by atoms with E-state index in [0.717, 1.165) is 11.3 Å². The fraction of sp³-hybridized carbons (Fsp3) is 0.286. The Morgan fingerprint density at radius 1 is 0.857 bits per heavy atom. The first-order valence-corrected chi connectivity index (χ1v) is 11.5. The zero-order chi connectivity index (χ0) is 25.7. The van der Waals surface area contributed by atoms with E-state index in [2.05, 4.69) is 5.32 Å². The van der Waals surface area contributed by atoms with Crippen LogP contribution in [0.15, 0.2) is 66.7 Å². The van der Waals surface area contributed by atoms with Gasteiger partial charge in [0.15, 0.2) is 0 Å². The second-order valence-electron chi connectivity index (χ2n) is 9.13. The van der Waals surface area contributed by atoms with Crippen LogP contribution in [0.3, 0.4) is 0 Å². The highest BCUT2D eigenvalue weighted by Gasteiger charge is 2.25. The van der Waals surface area contributed by atoms with Crippen LogP contribution in [0.4, 0.5) is 20.2 Å². The Labute approximate surface area is 205 Å². The number of halogens is 2. The van der Waals surface area contributed by atoms with Crippen molar-refractivity contribution >= 4 is 23.2 Å². The van der Waals surface area contributed by atoms with E-state index in [4.69, 9.17) is 0 Å². The molecule has 0 aliphatic carbocycles. The lowest BCUT2D eigenvalue weighted by Crippen LogP contribution is -2.41. The van der Waals surface area contributed by atoms with Crippen molar-refractivity contribution in [2.45, 2.75) is 33.4 Å². The lowest BCUT2D eigenvalue weighted by atomic mass is 10.0. The first kappa shape index (κ1) is 25.9. The summed E-state index contributed by atoms with van der Waals surface area (Å²) in [6, 6.07) is 16.4. The molecule has 0 saturated heterocycles. The van der Waals surface area contributed by atoms with Crippen LogP contribution in [0.2, 0.25) is 0 Å². The van der Waals surface area contributed by atoms with Crippen molar-refractivity contribution in [3.05, 3.63) is 95.1 Å². The van der Waals surface area contributed by atoms with E-state index in [1.165, 1.54) is 42.5 Å². The monoisotopic (exact) mass is 479 g/mol. The highest BCUT2D eigenvalue weighted by Crippen LogP contribution is 2.27. The van der Waals surface area contributed by atoms with Crippen molar-refractivity contribution in [1.82, 2.24) is 4.90 Å². The van der Waals surface area contributed by atoms with Gasteiger partial charge < -0.3 is 15.1 Å². The molecule has 0 spiro atoms. The summed E-state index contributed by atoms with van der Waals surface area (Å²) in [5.74, 6) is -1.34. The van der Waals surface area contributed by atoms with Gasteiger partial charge in [0.05, 0.1) is 0 Å². The summed E-state index contributed by atoms with van der Waals surface area (Å²) in [7, 11) is 3.81. The highest BCUT2D eigenvalue weighted by atomic mass is 19.1. The number of benzene rings is 3. The van der Waals surface area contributed by atoms with Crippen molar-refractivity contribution in [3.8, 4) is 0 Å². The van der Waals surface area contributed by atoms with Gasteiger partial charge in [0.1, 0.15) is 11.6 Å². The molecule has 0 bridgehead atoms. The van der Waals surface area contributed by atoms with Crippen molar-refractivity contribution in [2.24, 2.45) is 5.92 Å². The van der Waals surface area contributed by atoms with Gasteiger partial charge in [-0.15, -0.1) is 0 Å². The third-order valence-corrected chi connectivity index (χ3v) is 6.06. The minimum Gasteiger partial charge on any atom is -0.377 e. The number of nitrogens with zero attached hydrogens (tertiary/aromatic N) is 2. The molecule has 1 atom stereocenters. The quantitative estimate of drug-likeness (QED) is 0.433. The van der Waals surface area contributed by atoms with Gasteiger partial charge in [-0.1, -0.05) is 19.9 Å². The third-order valence-electron chi connectivity index (χ3n) is 6.06. The Bertz CT molecular complexity index is 1190. The summed E-state index contributed by atoms with van der Waals surface area (Å²) in [4.78, 5) is 29.8. The second-order valence-corrected chi connectivity index (χ2v) is 9.13. The van der Waals surface area contributed by atoms with Crippen LogP contribution >= 0.6 is 0 Å². The molecule has 0 saturated carbocycles. The van der Waals surface area contributed by atoms with Crippen LogP contribution in [0, 0.1) is 17.6 Å². The number of hydrogen-bond donors (Lipinski definition) is 1. The maximum absolute atomic E-state index is 13.6. The number of anilines is 2. The van der Waals surface area contributed by atoms with Crippen molar-refractivity contribution < 1.29 is 18.4 Å². The fourth-order valence-corrected chi connectivity index (χ4v) is 3.76. The van der Waals surface area contributed by atoms with E-state index in [9.17, 15) is 18.4 Å². The summed E-state index contributed by atoms with van der Waals surface area (Å²) in [6.45, 7) is 6.35. The molecule has 2 amide bonds. The topological polar surface area (TPSA) is 52.7 Å². The molecule has 1 unspecified atom stereocenters. The minimum atomic E-state index is -0.487. The van der Waals surface area contributed by atoms with E-state index in [0.29, 0.717) is 11.3 Å². The Balaban J connectivity index is 1.95. The molecule has 0 fully saturated rings. The SMILES string of the molecule is CC(C)C(C)N(Cc1cc(NC(=O)c2cccc(F)c2)ccc1N(C)C)C(=O)c1ccc(F)cc1. The molecule has 0 aromatic heterocycles. The molecule has 184 valence electrons. The Morgan fingerprint density at radius 3 is 2.14 bits per heavy atom. The number of amides is 2. The van der Waals surface area contributed by atoms with Crippen molar-refractivity contribution in [1.29, 1.82) is 0 Å². The van der Waals surface area contributed by atoms with Crippen molar-refractivity contribution in [2.75, 3.05) is 24.3 Å². The molecule has 3 rings (SSSR count). The number of rotatable bonds is 8. The number of hydrogen-bond acceptors (Lipinski definition) is 3. The lowest BCUT2D eigenvalue weighted by molar-refractivity contribution is 0.0628. The third kappa shape index (κ3) is 6.44. The largest absolute Gasteiger partial charge is 0.377 e. The molecule has 0 aliphatic heterocycles. The standard InChI is InChI=1S/C28H31F2N3O2/c1-18(2)19(3)33(28(35)20-9-11-23(29)12-10-20)17-22-16-25(13-14-26(22)32(4)5)31-27(34)21-7-6-8-24(30)15-21/h6-16,18-19H,17H2,1-5H3,(H,31,34). The molecule has 0 aliphatic rings. The average molecular weight is 480 g/mol. The smallest absolute Gasteiger partial charge is 0.255 e. The van der Waals surface area contributed by atoms with E-state index < -0.39 is 17.5 Å². The summed E-state index contributed by atoms with van der Waals surface area (Å²) < 4.78 is 27.0. The molecule has 0 heterocycles. The van der Waals surface area contributed by atoms with Crippen LogP contribution in [0.5, 0.6) is 0 Å². The predicted molar refractivity (Wildman–Crippen MR) is 136 cm³/mol. The number of carbonyl (C=O) groups is 2. The van der Waals surface area contributed by atoms with Gasteiger partial charge in [0.25, 0.3) is 11.8 Å². The van der Waals surface area contributed by atoms with Crippen LogP contribution in [0.1, 0.15) is 47.1 Å². The van der Waals surface area contributed by atoms with Crippen LogP contribution < -0.4 is 10.2 Å². The maximum Gasteiger partial charge on any atom is 0.255 e. The number of carbonyl (C=O) groups excluding carboxylic acids is 2. The van der Waals surface area contributed by atoms with Gasteiger partial charge in [0.2, 0.25) is 0 Å². The second kappa shape index (κ2) is 11.1. The van der Waals surface area contributed by atoms with E-state index >= 15 is 0 Å². The molecule has 1 N–H and O–H groups in total. The van der Waals surface area contributed by atoms with E-state index in [1.54, 1.807) is 17.0 Å². The van der Waals surface area contributed by atoms with Crippen molar-refractivity contribution in [3.63, 3.8) is 0 Å². The average Bonchev–Trinajstić information content (AvgIpc) is 2.82. The van der Waals surface area contributed by atoms with Crippen LogP contribution in [-0.4, -0.2) is 36.9 Å². The zero-order valence-corrected chi connectivity index (χ0v) is 20.7. The Kier molecular flexibility index (Phi) is 8.22. The molecular formula is C28H31F2N3O2. The zero-order valence-electron chi connectivity index (χ0n) is 20.7. The Hall–Kier alpha value is -3.74. The summed E-state index contributed by atoms with van der Waals surface area (Å²) in [6.07, 6.45) is 0. The normalized spacial score (nSPS) is 11.8. The van der Waals surface area contributed by atoms with Gasteiger partial charge in [-0.05, 0) is 79.1 Å². The van der Waals surface area contributed by atoms with E-state index in [1.807, 2.05) is 51.9 Å². The molecule has 5 nitrogen and oxygen atoms in total. The minimum absolute atomic E-state index is 0.104. The summed E-state index contributed by atoms with van der Waals surface area (Å²) in [5, 5.41) is 2.82. The number of nitrogens with one attached hydrogen (secondary N) is 1. The Morgan fingerprint density at radius 2 is 1.54 bits per heavy atom. The predicted octanol–water partition coefficient (Wildman–Crippen LogP) is 5.97. The first-order chi connectivity index (χ1) is 16.6. The van der Waals surface area contributed by atoms with Gasteiger partial charge in [0, 0.05) is 49.2 Å². The molecule has 3 aromatic carbocycles. The molecule has 7 heteroatoms. The van der Waals surface area contributed by atoms with E-state index in [-0.39, 0.29) is 30.0 Å². The molecule has 35 heavy (non-hydrogen) atoms. The highest BCUT2D eigenvalue weighted by molar-refractivity contribution is 6.04. The first-order valence-electron chi connectivity index (χ1n) is 11.5. The van der Waals surface area contributed by atoms with Gasteiger partial charge in [-0.2, -0.15) is 0 Å². The molecule has 0 radical (unpaired) electrons. The van der Waals surface area contributed by atoms with Crippen LogP contribution in [-0.2, 0) is 6.54 Å². The molecular weight excluding hydrogens is 448 g/mol. The molecule has 3 aromatic rings.